The van der Waals surface area contributed by atoms with E-state index in [1.807, 2.05) is 19.1 Å². The van der Waals surface area contributed by atoms with E-state index in [9.17, 15) is 0 Å². The minimum absolute atomic E-state index is 0.0613. The lowest BCUT2D eigenvalue weighted by atomic mass is 10.1. The second-order valence-electron chi connectivity index (χ2n) is 7.15. The van der Waals surface area contributed by atoms with Crippen LogP contribution in [-0.4, -0.2) is 58.2 Å². The molecule has 0 unspecified atom stereocenters. The zero-order chi connectivity index (χ0) is 17.9. The van der Waals surface area contributed by atoms with Crippen LogP contribution in [-0.2, 0) is 4.74 Å². The zero-order valence-electron chi connectivity index (χ0n) is 15.5. The number of anilines is 1. The Balaban J connectivity index is 1.67. The number of ether oxygens (including phenoxy) is 1. The molecular weight excluding hydrogens is 314 g/mol. The first-order valence-electron chi connectivity index (χ1n) is 8.80. The molecule has 0 aliphatic carbocycles. The summed E-state index contributed by atoms with van der Waals surface area (Å²) in [4.78, 5) is 15.8. The van der Waals surface area contributed by atoms with Gasteiger partial charge in [-0.1, -0.05) is 0 Å². The molecule has 2 aromatic rings. The molecule has 2 aromatic heterocycles. The van der Waals surface area contributed by atoms with Crippen molar-refractivity contribution in [3.8, 4) is 11.4 Å². The van der Waals surface area contributed by atoms with Gasteiger partial charge >= 0.3 is 0 Å². The van der Waals surface area contributed by atoms with Crippen LogP contribution in [0.1, 0.15) is 25.1 Å². The minimum atomic E-state index is -0.0613. The van der Waals surface area contributed by atoms with Crippen LogP contribution in [0.5, 0.6) is 0 Å². The Hall–Kier alpha value is -2.05. The number of pyridine rings is 1. The average molecular weight is 341 g/mol. The molecule has 0 aromatic carbocycles. The van der Waals surface area contributed by atoms with Crippen LogP contribution in [0.3, 0.4) is 0 Å². The second kappa shape index (κ2) is 7.45. The highest BCUT2D eigenvalue weighted by Gasteiger charge is 2.26. The third-order valence-electron chi connectivity index (χ3n) is 4.55. The van der Waals surface area contributed by atoms with E-state index in [2.05, 4.69) is 41.0 Å². The molecule has 1 saturated heterocycles. The molecule has 0 saturated carbocycles. The van der Waals surface area contributed by atoms with Gasteiger partial charge in [0, 0.05) is 55.4 Å². The molecule has 3 heterocycles. The maximum absolute atomic E-state index is 5.77. The molecule has 1 N–H and O–H groups in total. The fraction of sp³-hybridized carbons (Fsp3) is 0.526. The van der Waals surface area contributed by atoms with Crippen molar-refractivity contribution in [3.63, 3.8) is 0 Å². The van der Waals surface area contributed by atoms with E-state index >= 15 is 0 Å². The predicted octanol–water partition coefficient (Wildman–Crippen LogP) is 2.68. The number of rotatable bonds is 5. The standard InChI is InChI=1S/C19H27N5O/c1-14-15(2)22-18(16-5-7-20-8-6-16)23-17(14)21-9-10-24-11-12-25-19(3,4)13-24/h5-8H,9-13H2,1-4H3,(H,21,22,23). The molecular formula is C19H27N5O. The Morgan fingerprint density at radius 1 is 1.20 bits per heavy atom. The van der Waals surface area contributed by atoms with Crippen LogP contribution in [0.25, 0.3) is 11.4 Å². The Kier molecular flexibility index (Phi) is 5.30. The van der Waals surface area contributed by atoms with Crippen molar-refractivity contribution in [1.82, 2.24) is 19.9 Å². The van der Waals surface area contributed by atoms with Crippen molar-refractivity contribution in [2.75, 3.05) is 38.1 Å². The smallest absolute Gasteiger partial charge is 0.161 e. The van der Waals surface area contributed by atoms with E-state index in [1.54, 1.807) is 12.4 Å². The van der Waals surface area contributed by atoms with Gasteiger partial charge in [-0.2, -0.15) is 0 Å². The molecule has 0 amide bonds. The Morgan fingerprint density at radius 2 is 1.96 bits per heavy atom. The molecule has 134 valence electrons. The average Bonchev–Trinajstić information content (AvgIpc) is 2.58. The highest BCUT2D eigenvalue weighted by molar-refractivity contribution is 5.59. The maximum atomic E-state index is 5.77. The number of hydrogen-bond donors (Lipinski definition) is 1. The third-order valence-corrected chi connectivity index (χ3v) is 4.55. The van der Waals surface area contributed by atoms with E-state index in [0.717, 1.165) is 61.2 Å². The number of aryl methyl sites for hydroxylation is 1. The molecule has 6 heteroatoms. The van der Waals surface area contributed by atoms with E-state index < -0.39 is 0 Å². The van der Waals surface area contributed by atoms with E-state index in [1.165, 1.54) is 0 Å². The largest absolute Gasteiger partial charge is 0.373 e. The predicted molar refractivity (Wildman–Crippen MR) is 99.7 cm³/mol. The number of nitrogens with zero attached hydrogens (tertiary/aromatic N) is 4. The molecule has 0 spiro atoms. The van der Waals surface area contributed by atoms with E-state index in [0.29, 0.717) is 0 Å². The van der Waals surface area contributed by atoms with Crippen LogP contribution in [0, 0.1) is 13.8 Å². The molecule has 0 atom stereocenters. The van der Waals surface area contributed by atoms with Gasteiger partial charge in [0.05, 0.1) is 12.2 Å². The van der Waals surface area contributed by atoms with Crippen molar-refractivity contribution in [2.24, 2.45) is 0 Å². The quantitative estimate of drug-likeness (QED) is 0.902. The van der Waals surface area contributed by atoms with Crippen LogP contribution >= 0.6 is 0 Å². The van der Waals surface area contributed by atoms with Gasteiger partial charge in [-0.25, -0.2) is 9.97 Å². The Labute approximate surface area is 149 Å². The van der Waals surface area contributed by atoms with Crippen molar-refractivity contribution in [2.45, 2.75) is 33.3 Å². The van der Waals surface area contributed by atoms with Crippen molar-refractivity contribution in [1.29, 1.82) is 0 Å². The van der Waals surface area contributed by atoms with Crippen LogP contribution < -0.4 is 5.32 Å². The molecule has 1 aliphatic rings. The van der Waals surface area contributed by atoms with Gasteiger partial charge in [-0.15, -0.1) is 0 Å². The van der Waals surface area contributed by atoms with E-state index in [-0.39, 0.29) is 5.60 Å². The van der Waals surface area contributed by atoms with Crippen molar-refractivity contribution < 1.29 is 4.74 Å². The first kappa shape index (κ1) is 17.8. The highest BCUT2D eigenvalue weighted by atomic mass is 16.5. The first-order chi connectivity index (χ1) is 11.9. The van der Waals surface area contributed by atoms with Crippen LogP contribution in [0.15, 0.2) is 24.5 Å². The van der Waals surface area contributed by atoms with Gasteiger partial charge in [0.15, 0.2) is 5.82 Å². The summed E-state index contributed by atoms with van der Waals surface area (Å²) in [6, 6.07) is 3.87. The van der Waals surface area contributed by atoms with Gasteiger partial charge in [0.2, 0.25) is 0 Å². The van der Waals surface area contributed by atoms with Gasteiger partial charge < -0.3 is 10.1 Å². The van der Waals surface area contributed by atoms with Crippen molar-refractivity contribution in [3.05, 3.63) is 35.8 Å². The normalized spacial score (nSPS) is 17.4. The molecule has 1 aliphatic heterocycles. The third kappa shape index (κ3) is 4.52. The SMILES string of the molecule is Cc1nc(-c2ccncc2)nc(NCCN2CCOC(C)(C)C2)c1C. The highest BCUT2D eigenvalue weighted by Crippen LogP contribution is 2.21. The molecule has 0 radical (unpaired) electrons. The molecule has 1 fully saturated rings. The maximum Gasteiger partial charge on any atom is 0.161 e. The fourth-order valence-corrected chi connectivity index (χ4v) is 3.07. The lowest BCUT2D eigenvalue weighted by Gasteiger charge is -2.38. The molecule has 6 nitrogen and oxygen atoms in total. The number of hydrogen-bond acceptors (Lipinski definition) is 6. The summed E-state index contributed by atoms with van der Waals surface area (Å²) in [5, 5.41) is 3.49. The van der Waals surface area contributed by atoms with Crippen LogP contribution in [0.4, 0.5) is 5.82 Å². The monoisotopic (exact) mass is 341 g/mol. The second-order valence-corrected chi connectivity index (χ2v) is 7.15. The summed E-state index contributed by atoms with van der Waals surface area (Å²) < 4.78 is 5.77. The van der Waals surface area contributed by atoms with E-state index in [4.69, 9.17) is 9.72 Å². The summed E-state index contributed by atoms with van der Waals surface area (Å²) in [6.45, 7) is 12.9. The van der Waals surface area contributed by atoms with Gasteiger partial charge in [-0.05, 0) is 39.8 Å². The first-order valence-corrected chi connectivity index (χ1v) is 8.80. The number of morpholine rings is 1. The molecule has 3 rings (SSSR count). The van der Waals surface area contributed by atoms with Gasteiger partial charge in [-0.3, -0.25) is 9.88 Å². The Morgan fingerprint density at radius 3 is 2.68 bits per heavy atom. The molecule has 25 heavy (non-hydrogen) atoms. The van der Waals surface area contributed by atoms with Crippen molar-refractivity contribution >= 4 is 5.82 Å². The van der Waals surface area contributed by atoms with Gasteiger partial charge in [0.25, 0.3) is 0 Å². The summed E-state index contributed by atoms with van der Waals surface area (Å²) in [5.41, 5.74) is 3.02. The summed E-state index contributed by atoms with van der Waals surface area (Å²) in [6.07, 6.45) is 3.53. The van der Waals surface area contributed by atoms with Crippen LogP contribution in [0.2, 0.25) is 0 Å². The topological polar surface area (TPSA) is 63.2 Å². The summed E-state index contributed by atoms with van der Waals surface area (Å²) >= 11 is 0. The number of nitrogens with one attached hydrogen (secondary N) is 1. The lowest BCUT2D eigenvalue weighted by Crippen LogP contribution is -2.49. The zero-order valence-corrected chi connectivity index (χ0v) is 15.5. The lowest BCUT2D eigenvalue weighted by molar-refractivity contribution is -0.0848. The Bertz CT molecular complexity index is 717. The fourth-order valence-electron chi connectivity index (χ4n) is 3.07. The summed E-state index contributed by atoms with van der Waals surface area (Å²) in [5.74, 6) is 1.65. The molecule has 0 bridgehead atoms. The summed E-state index contributed by atoms with van der Waals surface area (Å²) in [7, 11) is 0. The number of aromatic nitrogens is 3. The van der Waals surface area contributed by atoms with Gasteiger partial charge in [0.1, 0.15) is 5.82 Å². The minimum Gasteiger partial charge on any atom is -0.373 e.